The summed E-state index contributed by atoms with van der Waals surface area (Å²) >= 11 is 0. The molecule has 2 atom stereocenters. The van der Waals surface area contributed by atoms with E-state index in [1.54, 1.807) is 29.0 Å². The molecule has 192 valence electrons. The first-order chi connectivity index (χ1) is 18.4. The van der Waals surface area contributed by atoms with Crippen LogP contribution in [0.1, 0.15) is 41.7 Å². The Balaban J connectivity index is 1.22. The lowest BCUT2D eigenvalue weighted by Gasteiger charge is -2.37. The van der Waals surface area contributed by atoms with Crippen LogP contribution in [-0.2, 0) is 6.54 Å². The number of hydrogen-bond acceptors (Lipinski definition) is 5. The largest absolute Gasteiger partial charge is 0.388 e. The van der Waals surface area contributed by atoms with Crippen molar-refractivity contribution in [1.29, 1.82) is 0 Å². The Kier molecular flexibility index (Phi) is 6.04. The van der Waals surface area contributed by atoms with E-state index in [0.29, 0.717) is 18.4 Å². The number of aliphatic hydroxyl groups is 1. The van der Waals surface area contributed by atoms with E-state index in [1.807, 2.05) is 55.5 Å². The van der Waals surface area contributed by atoms with Crippen molar-refractivity contribution >= 4 is 27.7 Å². The molecule has 1 amide bonds. The van der Waals surface area contributed by atoms with Crippen LogP contribution >= 0.6 is 0 Å². The Morgan fingerprint density at radius 2 is 2.03 bits per heavy atom. The summed E-state index contributed by atoms with van der Waals surface area (Å²) in [7, 11) is 0. The summed E-state index contributed by atoms with van der Waals surface area (Å²) < 4.78 is 1.65. The van der Waals surface area contributed by atoms with Gasteiger partial charge in [-0.15, -0.1) is 0 Å². The minimum Gasteiger partial charge on any atom is -0.388 e. The number of carbonyl (C=O) groups is 1. The minimum atomic E-state index is -1.09. The predicted octanol–water partition coefficient (Wildman–Crippen LogP) is 4.35. The van der Waals surface area contributed by atoms with E-state index in [9.17, 15) is 14.7 Å². The summed E-state index contributed by atoms with van der Waals surface area (Å²) in [6.07, 6.45) is 4.23. The smallest absolute Gasteiger partial charge is 0.251 e. The van der Waals surface area contributed by atoms with Gasteiger partial charge in [0.25, 0.3) is 11.5 Å². The molecule has 0 spiro atoms. The van der Waals surface area contributed by atoms with E-state index in [2.05, 4.69) is 20.5 Å². The zero-order valence-electron chi connectivity index (χ0n) is 21.1. The molecule has 1 saturated carbocycles. The van der Waals surface area contributed by atoms with E-state index in [0.717, 1.165) is 51.6 Å². The number of fused-ring (bicyclic) bond motifs is 2. The molecule has 1 aliphatic carbocycles. The number of nitrogens with zero attached hydrogens (tertiary/aromatic N) is 3. The maximum atomic E-state index is 13.3. The lowest BCUT2D eigenvalue weighted by atomic mass is 9.81. The standard InChI is InChI=1S/C30H29N5O3/c1-19-15-21(12-14-31-19)28-24-16-22(8-10-25(24)33-34-28)29(37)32-23-6-4-13-30(38,17-23)18-35-26-7-3-2-5-20(26)9-11-27(35)36/h2-3,5,7-12,14-16,23,38H,4,6,13,17-18H2,1H3,(H,32,37)(H,33,34)/t23-,30+/m0/s1. The summed E-state index contributed by atoms with van der Waals surface area (Å²) in [5.41, 5.74) is 3.54. The fraction of sp³-hybridized carbons (Fsp3) is 0.267. The molecule has 3 N–H and O–H groups in total. The molecule has 1 fully saturated rings. The average Bonchev–Trinajstić information content (AvgIpc) is 3.34. The second kappa shape index (κ2) is 9.54. The molecule has 8 nitrogen and oxygen atoms in total. The van der Waals surface area contributed by atoms with Gasteiger partial charge in [-0.05, 0) is 80.5 Å². The van der Waals surface area contributed by atoms with E-state index in [4.69, 9.17) is 0 Å². The van der Waals surface area contributed by atoms with E-state index < -0.39 is 5.60 Å². The summed E-state index contributed by atoms with van der Waals surface area (Å²) in [6, 6.07) is 20.2. The van der Waals surface area contributed by atoms with Gasteiger partial charge >= 0.3 is 0 Å². The van der Waals surface area contributed by atoms with Crippen molar-refractivity contribution in [2.24, 2.45) is 0 Å². The second-order valence-electron chi connectivity index (χ2n) is 10.3. The van der Waals surface area contributed by atoms with E-state index in [1.165, 1.54) is 0 Å². The summed E-state index contributed by atoms with van der Waals surface area (Å²) in [4.78, 5) is 30.2. The van der Waals surface area contributed by atoms with Gasteiger partial charge in [-0.25, -0.2) is 0 Å². The van der Waals surface area contributed by atoms with Gasteiger partial charge in [-0.1, -0.05) is 18.2 Å². The first-order valence-electron chi connectivity index (χ1n) is 12.9. The van der Waals surface area contributed by atoms with Crippen LogP contribution in [0, 0.1) is 6.92 Å². The van der Waals surface area contributed by atoms with Gasteiger partial charge < -0.3 is 15.0 Å². The van der Waals surface area contributed by atoms with Crippen LogP contribution in [-0.4, -0.2) is 42.4 Å². The Morgan fingerprint density at radius 3 is 2.89 bits per heavy atom. The molecule has 0 unspecified atom stereocenters. The lowest BCUT2D eigenvalue weighted by Crippen LogP contribution is -2.48. The number of carbonyl (C=O) groups excluding carboxylic acids is 1. The molecule has 0 saturated heterocycles. The molecular weight excluding hydrogens is 478 g/mol. The quantitative estimate of drug-likeness (QED) is 0.327. The van der Waals surface area contributed by atoms with E-state index in [-0.39, 0.29) is 24.1 Å². The SMILES string of the molecule is Cc1cc(-c2n[nH]c3ccc(C(=O)N[C@H]4CCC[C@](O)(Cn5c(=O)ccc6ccccc65)C4)cc23)ccn1. The number of para-hydroxylation sites is 1. The number of pyridine rings is 2. The first kappa shape index (κ1) is 24.1. The monoisotopic (exact) mass is 507 g/mol. The number of benzene rings is 2. The van der Waals surface area contributed by atoms with Gasteiger partial charge in [0, 0.05) is 40.5 Å². The van der Waals surface area contributed by atoms with Crippen molar-refractivity contribution < 1.29 is 9.90 Å². The Bertz CT molecular complexity index is 1720. The van der Waals surface area contributed by atoms with Crippen LogP contribution in [0.15, 0.2) is 77.7 Å². The number of amides is 1. The van der Waals surface area contributed by atoms with Crippen LogP contribution in [0.3, 0.4) is 0 Å². The van der Waals surface area contributed by atoms with Crippen molar-refractivity contribution in [3.63, 3.8) is 0 Å². The zero-order valence-corrected chi connectivity index (χ0v) is 21.1. The summed E-state index contributed by atoms with van der Waals surface area (Å²) in [5.74, 6) is -0.193. The van der Waals surface area contributed by atoms with Gasteiger partial charge in [0.2, 0.25) is 0 Å². The van der Waals surface area contributed by atoms with Crippen LogP contribution in [0.25, 0.3) is 33.1 Å². The molecule has 0 bridgehead atoms. The number of aromatic nitrogens is 4. The fourth-order valence-corrected chi connectivity index (χ4v) is 5.65. The fourth-order valence-electron chi connectivity index (χ4n) is 5.65. The van der Waals surface area contributed by atoms with Gasteiger partial charge in [0.05, 0.1) is 23.2 Å². The topological polar surface area (TPSA) is 113 Å². The summed E-state index contributed by atoms with van der Waals surface area (Å²) in [5, 5.41) is 24.0. The van der Waals surface area contributed by atoms with Crippen molar-refractivity contribution in [2.45, 2.75) is 50.8 Å². The Morgan fingerprint density at radius 1 is 1.16 bits per heavy atom. The maximum absolute atomic E-state index is 13.3. The van der Waals surface area contributed by atoms with Crippen molar-refractivity contribution in [2.75, 3.05) is 0 Å². The molecule has 2 aromatic carbocycles. The van der Waals surface area contributed by atoms with Gasteiger partial charge in [-0.2, -0.15) is 5.10 Å². The maximum Gasteiger partial charge on any atom is 0.251 e. The van der Waals surface area contributed by atoms with Gasteiger partial charge in [0.15, 0.2) is 0 Å². The molecule has 0 radical (unpaired) electrons. The number of rotatable bonds is 5. The molecule has 1 aliphatic rings. The van der Waals surface area contributed by atoms with Gasteiger partial charge in [-0.3, -0.25) is 19.7 Å². The van der Waals surface area contributed by atoms with Crippen LogP contribution in [0.5, 0.6) is 0 Å². The summed E-state index contributed by atoms with van der Waals surface area (Å²) in [6.45, 7) is 2.12. The van der Waals surface area contributed by atoms with Crippen LogP contribution in [0.4, 0.5) is 0 Å². The molecule has 6 rings (SSSR count). The van der Waals surface area contributed by atoms with E-state index >= 15 is 0 Å². The van der Waals surface area contributed by atoms with Gasteiger partial charge in [0.1, 0.15) is 5.69 Å². The van der Waals surface area contributed by atoms with Crippen LogP contribution in [0.2, 0.25) is 0 Å². The second-order valence-corrected chi connectivity index (χ2v) is 10.3. The zero-order chi connectivity index (χ0) is 26.3. The number of hydrogen-bond donors (Lipinski definition) is 3. The molecule has 38 heavy (non-hydrogen) atoms. The Hall–Kier alpha value is -4.30. The third-order valence-electron chi connectivity index (χ3n) is 7.50. The number of nitrogens with one attached hydrogen (secondary N) is 2. The molecule has 0 aliphatic heterocycles. The van der Waals surface area contributed by atoms with Crippen LogP contribution < -0.4 is 10.9 Å². The third kappa shape index (κ3) is 4.59. The predicted molar refractivity (Wildman–Crippen MR) is 147 cm³/mol. The molecule has 3 aromatic heterocycles. The average molecular weight is 508 g/mol. The highest BCUT2D eigenvalue weighted by atomic mass is 16.3. The highest BCUT2D eigenvalue weighted by Crippen LogP contribution is 2.31. The normalized spacial score (nSPS) is 19.6. The number of aryl methyl sites for hydroxylation is 1. The number of aromatic amines is 1. The lowest BCUT2D eigenvalue weighted by molar-refractivity contribution is -0.0209. The molecule has 5 aromatic rings. The Labute approximate surface area is 219 Å². The number of H-pyrrole nitrogens is 1. The first-order valence-corrected chi connectivity index (χ1v) is 12.9. The van der Waals surface area contributed by atoms with Crippen molar-refractivity contribution in [1.82, 2.24) is 25.1 Å². The highest BCUT2D eigenvalue weighted by Gasteiger charge is 2.36. The highest BCUT2D eigenvalue weighted by molar-refractivity contribution is 6.01. The molecular formula is C30H29N5O3. The minimum absolute atomic E-state index is 0.142. The molecule has 3 heterocycles. The van der Waals surface area contributed by atoms with Crippen molar-refractivity contribution in [3.8, 4) is 11.3 Å². The van der Waals surface area contributed by atoms with Crippen molar-refractivity contribution in [3.05, 3.63) is 94.5 Å². The third-order valence-corrected chi connectivity index (χ3v) is 7.50. The molecule has 8 heteroatoms.